The van der Waals surface area contributed by atoms with Crippen LogP contribution in [0.2, 0.25) is 0 Å². The van der Waals surface area contributed by atoms with Gasteiger partial charge in [-0.15, -0.1) is 11.8 Å². The summed E-state index contributed by atoms with van der Waals surface area (Å²) in [6.45, 7) is 2.07. The molecule has 0 radical (unpaired) electrons. The van der Waals surface area contributed by atoms with E-state index < -0.39 is 0 Å². The summed E-state index contributed by atoms with van der Waals surface area (Å²) in [5.74, 6) is 1.80. The van der Waals surface area contributed by atoms with Gasteiger partial charge in [0.05, 0.1) is 11.3 Å². The predicted molar refractivity (Wildman–Crippen MR) is 84.9 cm³/mol. The summed E-state index contributed by atoms with van der Waals surface area (Å²) in [7, 11) is 0. The van der Waals surface area contributed by atoms with Crippen LogP contribution in [0.4, 0.5) is 5.69 Å². The largest absolute Gasteiger partial charge is 0.398 e. The number of benzene rings is 2. The third-order valence-electron chi connectivity index (χ3n) is 3.05. The van der Waals surface area contributed by atoms with Crippen molar-refractivity contribution in [1.82, 2.24) is 10.1 Å². The van der Waals surface area contributed by atoms with Crippen molar-refractivity contribution in [1.29, 1.82) is 0 Å². The molecule has 4 nitrogen and oxygen atoms in total. The van der Waals surface area contributed by atoms with E-state index in [1.807, 2.05) is 24.3 Å². The normalized spacial score (nSPS) is 10.7. The molecule has 0 aliphatic rings. The minimum absolute atomic E-state index is 0.465. The van der Waals surface area contributed by atoms with E-state index >= 15 is 0 Å². The maximum absolute atomic E-state index is 5.91. The Kier molecular flexibility index (Phi) is 3.92. The van der Waals surface area contributed by atoms with Gasteiger partial charge in [-0.3, -0.25) is 0 Å². The van der Waals surface area contributed by atoms with E-state index in [9.17, 15) is 0 Å². The fourth-order valence-corrected chi connectivity index (χ4v) is 2.64. The Hall–Kier alpha value is -2.27. The first-order valence-corrected chi connectivity index (χ1v) is 7.58. The lowest BCUT2D eigenvalue weighted by Crippen LogP contribution is -1.89. The second-order valence-corrected chi connectivity index (χ2v) is 5.75. The average Bonchev–Trinajstić information content (AvgIpc) is 2.96. The number of aromatic nitrogens is 2. The van der Waals surface area contributed by atoms with Crippen LogP contribution >= 0.6 is 11.8 Å². The van der Waals surface area contributed by atoms with Crippen LogP contribution in [0.15, 0.2) is 57.9 Å². The second-order valence-electron chi connectivity index (χ2n) is 4.70. The molecule has 0 bridgehead atoms. The van der Waals surface area contributed by atoms with Crippen molar-refractivity contribution < 1.29 is 4.52 Å². The highest BCUT2D eigenvalue weighted by Gasteiger charge is 2.11. The van der Waals surface area contributed by atoms with Crippen LogP contribution in [0.1, 0.15) is 11.4 Å². The highest BCUT2D eigenvalue weighted by molar-refractivity contribution is 7.98. The number of para-hydroxylation sites is 1. The summed E-state index contributed by atoms with van der Waals surface area (Å²) in [6, 6.07) is 15.8. The molecule has 2 aromatic carbocycles. The number of aryl methyl sites for hydroxylation is 1. The fourth-order valence-electron chi connectivity index (χ4n) is 1.90. The first-order chi connectivity index (χ1) is 10.2. The number of thioether (sulfide) groups is 1. The highest BCUT2D eigenvalue weighted by atomic mass is 32.2. The van der Waals surface area contributed by atoms with Crippen molar-refractivity contribution in [2.24, 2.45) is 0 Å². The summed E-state index contributed by atoms with van der Waals surface area (Å²) in [5.41, 5.74) is 8.57. The summed E-state index contributed by atoms with van der Waals surface area (Å²) in [4.78, 5) is 5.58. The zero-order valence-electron chi connectivity index (χ0n) is 11.6. The summed E-state index contributed by atoms with van der Waals surface area (Å²) in [6.07, 6.45) is 0. The molecule has 106 valence electrons. The van der Waals surface area contributed by atoms with E-state index in [0.717, 1.165) is 5.56 Å². The number of rotatable bonds is 4. The monoisotopic (exact) mass is 297 g/mol. The number of nitrogens with two attached hydrogens (primary N) is 1. The van der Waals surface area contributed by atoms with E-state index in [2.05, 4.69) is 41.3 Å². The molecule has 1 aromatic heterocycles. The molecule has 3 rings (SSSR count). The van der Waals surface area contributed by atoms with E-state index in [1.54, 1.807) is 11.8 Å². The molecule has 0 aliphatic heterocycles. The number of nitrogens with zero attached hydrogens (tertiary/aromatic N) is 2. The summed E-state index contributed by atoms with van der Waals surface area (Å²) < 4.78 is 5.28. The van der Waals surface area contributed by atoms with E-state index in [0.29, 0.717) is 23.2 Å². The molecule has 3 aromatic rings. The molecule has 0 atom stereocenters. The van der Waals surface area contributed by atoms with Crippen LogP contribution in [-0.4, -0.2) is 10.1 Å². The van der Waals surface area contributed by atoms with E-state index in [4.69, 9.17) is 10.3 Å². The first kappa shape index (κ1) is 13.7. The highest BCUT2D eigenvalue weighted by Crippen LogP contribution is 2.26. The molecular weight excluding hydrogens is 282 g/mol. The number of nitrogen functional groups attached to an aromatic ring is 1. The Morgan fingerprint density at radius 2 is 1.86 bits per heavy atom. The van der Waals surface area contributed by atoms with Crippen LogP contribution in [0.3, 0.4) is 0 Å². The van der Waals surface area contributed by atoms with Gasteiger partial charge in [0.15, 0.2) is 5.82 Å². The molecule has 21 heavy (non-hydrogen) atoms. The molecule has 0 saturated carbocycles. The van der Waals surface area contributed by atoms with Crippen LogP contribution in [0.25, 0.3) is 11.5 Å². The van der Waals surface area contributed by atoms with Gasteiger partial charge in [0.2, 0.25) is 0 Å². The molecule has 0 aliphatic carbocycles. The maximum atomic E-state index is 5.91. The topological polar surface area (TPSA) is 64.9 Å². The van der Waals surface area contributed by atoms with Crippen molar-refractivity contribution in [3.05, 3.63) is 59.9 Å². The van der Waals surface area contributed by atoms with Gasteiger partial charge in [-0.25, -0.2) is 0 Å². The number of hydrogen-bond donors (Lipinski definition) is 1. The van der Waals surface area contributed by atoms with Crippen LogP contribution in [0, 0.1) is 6.92 Å². The molecule has 0 saturated heterocycles. The predicted octanol–water partition coefficient (Wildman–Crippen LogP) is 3.92. The standard InChI is InChI=1S/C16H15N3OS/c1-11-6-8-12(9-7-11)21-10-15-18-16(20-19-15)13-4-2-3-5-14(13)17/h2-9H,10,17H2,1H3. The van der Waals surface area contributed by atoms with Gasteiger partial charge in [-0.2, -0.15) is 4.98 Å². The lowest BCUT2D eigenvalue weighted by atomic mass is 10.2. The van der Waals surface area contributed by atoms with Crippen LogP contribution in [0.5, 0.6) is 0 Å². The molecule has 0 unspecified atom stereocenters. The molecule has 2 N–H and O–H groups in total. The Labute approximate surface area is 127 Å². The van der Waals surface area contributed by atoms with Gasteiger partial charge in [0.25, 0.3) is 5.89 Å². The zero-order chi connectivity index (χ0) is 14.7. The zero-order valence-corrected chi connectivity index (χ0v) is 12.4. The Balaban J connectivity index is 1.71. The molecule has 5 heteroatoms. The van der Waals surface area contributed by atoms with Crippen molar-refractivity contribution in [3.8, 4) is 11.5 Å². The van der Waals surface area contributed by atoms with Gasteiger partial charge in [-0.1, -0.05) is 35.0 Å². The van der Waals surface area contributed by atoms with Crippen LogP contribution < -0.4 is 5.73 Å². The molecule has 0 spiro atoms. The summed E-state index contributed by atoms with van der Waals surface area (Å²) >= 11 is 1.68. The Morgan fingerprint density at radius 3 is 2.62 bits per heavy atom. The second kappa shape index (κ2) is 6.01. The summed E-state index contributed by atoms with van der Waals surface area (Å²) in [5, 5.41) is 4.00. The average molecular weight is 297 g/mol. The smallest absolute Gasteiger partial charge is 0.260 e. The molecule has 1 heterocycles. The van der Waals surface area contributed by atoms with Crippen molar-refractivity contribution in [2.45, 2.75) is 17.6 Å². The third kappa shape index (κ3) is 3.25. The maximum Gasteiger partial charge on any atom is 0.260 e. The molecular formula is C16H15N3OS. The quantitative estimate of drug-likeness (QED) is 0.584. The minimum Gasteiger partial charge on any atom is -0.398 e. The number of hydrogen-bond acceptors (Lipinski definition) is 5. The van der Waals surface area contributed by atoms with Gasteiger partial charge >= 0.3 is 0 Å². The molecule has 0 amide bonds. The van der Waals surface area contributed by atoms with Crippen molar-refractivity contribution in [3.63, 3.8) is 0 Å². The lowest BCUT2D eigenvalue weighted by Gasteiger charge is -1.99. The first-order valence-electron chi connectivity index (χ1n) is 6.59. The van der Waals surface area contributed by atoms with Crippen molar-refractivity contribution in [2.75, 3.05) is 5.73 Å². The lowest BCUT2D eigenvalue weighted by molar-refractivity contribution is 0.425. The third-order valence-corrected chi connectivity index (χ3v) is 4.06. The van der Waals surface area contributed by atoms with Gasteiger partial charge in [-0.05, 0) is 31.2 Å². The van der Waals surface area contributed by atoms with Gasteiger partial charge in [0.1, 0.15) is 0 Å². The molecule has 0 fully saturated rings. The van der Waals surface area contributed by atoms with Crippen molar-refractivity contribution >= 4 is 17.4 Å². The van der Waals surface area contributed by atoms with Gasteiger partial charge in [0, 0.05) is 10.6 Å². The van der Waals surface area contributed by atoms with E-state index in [-0.39, 0.29) is 0 Å². The van der Waals surface area contributed by atoms with Gasteiger partial charge < -0.3 is 10.3 Å². The minimum atomic E-state index is 0.465. The number of anilines is 1. The SMILES string of the molecule is Cc1ccc(SCc2noc(-c3ccccc3N)n2)cc1. The van der Waals surface area contributed by atoms with Crippen LogP contribution in [-0.2, 0) is 5.75 Å². The Morgan fingerprint density at radius 1 is 1.10 bits per heavy atom. The fraction of sp³-hybridized carbons (Fsp3) is 0.125. The van der Waals surface area contributed by atoms with E-state index in [1.165, 1.54) is 10.5 Å². The Bertz CT molecular complexity index is 737.